The second-order valence-corrected chi connectivity index (χ2v) is 2.08. The Kier molecular flexibility index (Phi) is 2.10. The highest BCUT2D eigenvalue weighted by molar-refractivity contribution is 5.74. The van der Waals surface area contributed by atoms with Gasteiger partial charge in [-0.2, -0.15) is 0 Å². The van der Waals surface area contributed by atoms with E-state index in [1.807, 2.05) is 12.2 Å². The first-order valence-corrected chi connectivity index (χ1v) is 3.11. The fourth-order valence-corrected chi connectivity index (χ4v) is 0.761. The number of carboxylic acid groups (broad SMARTS) is 1. The maximum atomic E-state index is 10.4. The first-order chi connectivity index (χ1) is 4.80. The van der Waals surface area contributed by atoms with E-state index in [0.717, 1.165) is 0 Å². The van der Waals surface area contributed by atoms with Gasteiger partial charge in [-0.15, -0.1) is 0 Å². The van der Waals surface area contributed by atoms with Crippen LogP contribution in [-0.2, 0) is 4.79 Å². The molecule has 10 heavy (non-hydrogen) atoms. The van der Waals surface area contributed by atoms with Crippen molar-refractivity contribution in [2.75, 3.05) is 0 Å². The molecule has 0 aromatic rings. The fourth-order valence-electron chi connectivity index (χ4n) is 0.761. The summed E-state index contributed by atoms with van der Waals surface area (Å²) in [7, 11) is 0. The van der Waals surface area contributed by atoms with Crippen molar-refractivity contribution in [2.24, 2.45) is 0 Å². The van der Waals surface area contributed by atoms with Crippen molar-refractivity contribution in [3.63, 3.8) is 0 Å². The lowest BCUT2D eigenvalue weighted by molar-refractivity contribution is -0.139. The van der Waals surface area contributed by atoms with E-state index in [1.165, 1.54) is 0 Å². The molecule has 1 aliphatic heterocycles. The summed E-state index contributed by atoms with van der Waals surface area (Å²) in [5.41, 5.74) is 0. The van der Waals surface area contributed by atoms with Gasteiger partial charge in [0.1, 0.15) is 6.04 Å². The molecule has 1 rings (SSSR count). The molecule has 0 saturated heterocycles. The second kappa shape index (κ2) is 3.06. The van der Waals surface area contributed by atoms with Crippen molar-refractivity contribution in [3.05, 3.63) is 24.4 Å². The standard InChI is InChI=1S/C7H9NO2/c9-7(10)6-4-2-1-3-5-8-6/h1-3,5-6,8H,4H2,(H,9,10). The summed E-state index contributed by atoms with van der Waals surface area (Å²) >= 11 is 0. The molecule has 54 valence electrons. The maximum Gasteiger partial charge on any atom is 0.326 e. The third-order valence-electron chi connectivity index (χ3n) is 1.31. The minimum Gasteiger partial charge on any atom is -0.480 e. The molecule has 0 aromatic heterocycles. The Labute approximate surface area is 59.0 Å². The molecule has 3 heteroatoms. The van der Waals surface area contributed by atoms with Crippen molar-refractivity contribution < 1.29 is 9.90 Å². The summed E-state index contributed by atoms with van der Waals surface area (Å²) in [6.45, 7) is 0. The highest BCUT2D eigenvalue weighted by Crippen LogP contribution is 1.97. The van der Waals surface area contributed by atoms with Crippen molar-refractivity contribution in [1.29, 1.82) is 0 Å². The van der Waals surface area contributed by atoms with E-state index in [9.17, 15) is 4.79 Å². The van der Waals surface area contributed by atoms with Crippen molar-refractivity contribution in [1.82, 2.24) is 5.32 Å². The van der Waals surface area contributed by atoms with Crippen molar-refractivity contribution in [2.45, 2.75) is 12.5 Å². The molecule has 0 aliphatic carbocycles. The van der Waals surface area contributed by atoms with Gasteiger partial charge in [0.05, 0.1) is 0 Å². The molecule has 1 atom stereocenters. The molecule has 1 aliphatic rings. The van der Waals surface area contributed by atoms with Gasteiger partial charge < -0.3 is 10.4 Å². The number of rotatable bonds is 1. The predicted octanol–water partition coefficient (Wildman–Crippen LogP) is 0.503. The average Bonchev–Trinajstić information content (AvgIpc) is 2.12. The van der Waals surface area contributed by atoms with Gasteiger partial charge in [0.2, 0.25) is 0 Å². The molecule has 0 radical (unpaired) electrons. The number of hydrogen-bond donors (Lipinski definition) is 2. The van der Waals surface area contributed by atoms with Crippen LogP contribution in [0.15, 0.2) is 24.4 Å². The van der Waals surface area contributed by atoms with E-state index in [2.05, 4.69) is 5.32 Å². The zero-order chi connectivity index (χ0) is 7.40. The Morgan fingerprint density at radius 1 is 1.60 bits per heavy atom. The highest BCUT2D eigenvalue weighted by Gasteiger charge is 2.13. The van der Waals surface area contributed by atoms with Gasteiger partial charge in [0, 0.05) is 0 Å². The zero-order valence-corrected chi connectivity index (χ0v) is 5.45. The topological polar surface area (TPSA) is 49.3 Å². The Hall–Kier alpha value is -1.25. The van der Waals surface area contributed by atoms with E-state index in [1.54, 1.807) is 12.3 Å². The molecular formula is C7H9NO2. The van der Waals surface area contributed by atoms with Crippen LogP contribution in [0.5, 0.6) is 0 Å². The number of carboxylic acids is 1. The summed E-state index contributed by atoms with van der Waals surface area (Å²) in [4.78, 5) is 10.4. The number of carbonyl (C=O) groups is 1. The minimum absolute atomic E-state index is 0.463. The molecule has 0 saturated carbocycles. The first-order valence-electron chi connectivity index (χ1n) is 3.11. The van der Waals surface area contributed by atoms with E-state index < -0.39 is 12.0 Å². The lowest BCUT2D eigenvalue weighted by atomic mass is 10.2. The van der Waals surface area contributed by atoms with Crippen molar-refractivity contribution in [3.8, 4) is 0 Å². The van der Waals surface area contributed by atoms with Crippen LogP contribution in [0.1, 0.15) is 6.42 Å². The number of aliphatic carboxylic acids is 1. The fraction of sp³-hybridized carbons (Fsp3) is 0.286. The SMILES string of the molecule is O=C(O)C1CC=CC=CN1. The number of nitrogens with one attached hydrogen (secondary N) is 1. The largest absolute Gasteiger partial charge is 0.480 e. The van der Waals surface area contributed by atoms with Crippen LogP contribution in [-0.4, -0.2) is 17.1 Å². The molecule has 1 unspecified atom stereocenters. The molecule has 0 fully saturated rings. The Morgan fingerprint density at radius 2 is 2.40 bits per heavy atom. The van der Waals surface area contributed by atoms with E-state index in [4.69, 9.17) is 5.11 Å². The summed E-state index contributed by atoms with van der Waals surface area (Å²) in [6.07, 6.45) is 7.62. The highest BCUT2D eigenvalue weighted by atomic mass is 16.4. The number of hydrogen-bond acceptors (Lipinski definition) is 2. The Morgan fingerprint density at radius 3 is 3.10 bits per heavy atom. The molecule has 1 heterocycles. The lowest BCUT2D eigenvalue weighted by Crippen LogP contribution is -2.31. The molecule has 0 amide bonds. The maximum absolute atomic E-state index is 10.4. The lowest BCUT2D eigenvalue weighted by Gasteiger charge is -2.07. The third-order valence-corrected chi connectivity index (χ3v) is 1.31. The Bertz CT molecular complexity index is 170. The molecule has 3 nitrogen and oxygen atoms in total. The second-order valence-electron chi connectivity index (χ2n) is 2.08. The van der Waals surface area contributed by atoms with E-state index in [0.29, 0.717) is 6.42 Å². The summed E-state index contributed by atoms with van der Waals surface area (Å²) in [6, 6.07) is -0.463. The molecule has 0 aromatic carbocycles. The molecule has 0 spiro atoms. The summed E-state index contributed by atoms with van der Waals surface area (Å²) < 4.78 is 0. The monoisotopic (exact) mass is 139 g/mol. The molecule has 0 bridgehead atoms. The van der Waals surface area contributed by atoms with E-state index in [-0.39, 0.29) is 0 Å². The Balaban J connectivity index is 2.55. The van der Waals surface area contributed by atoms with Crippen molar-refractivity contribution >= 4 is 5.97 Å². The van der Waals surface area contributed by atoms with Gasteiger partial charge in [-0.25, -0.2) is 4.79 Å². The smallest absolute Gasteiger partial charge is 0.326 e. The minimum atomic E-state index is -0.809. The average molecular weight is 139 g/mol. The van der Waals surface area contributed by atoms with Gasteiger partial charge in [-0.3, -0.25) is 0 Å². The van der Waals surface area contributed by atoms with E-state index >= 15 is 0 Å². The van der Waals surface area contributed by atoms with Gasteiger partial charge in [-0.05, 0) is 18.7 Å². The van der Waals surface area contributed by atoms with Crippen LogP contribution < -0.4 is 5.32 Å². The van der Waals surface area contributed by atoms with Gasteiger partial charge in [-0.1, -0.05) is 12.2 Å². The van der Waals surface area contributed by atoms with Gasteiger partial charge >= 0.3 is 5.97 Å². The normalized spacial score (nSPS) is 23.4. The summed E-state index contributed by atoms with van der Waals surface area (Å²) in [5.74, 6) is -0.809. The zero-order valence-electron chi connectivity index (χ0n) is 5.45. The van der Waals surface area contributed by atoms with Crippen LogP contribution >= 0.6 is 0 Å². The quantitative estimate of drug-likeness (QED) is 0.556. The van der Waals surface area contributed by atoms with Crippen LogP contribution in [0.3, 0.4) is 0 Å². The predicted molar refractivity (Wildman–Crippen MR) is 37.5 cm³/mol. The van der Waals surface area contributed by atoms with Gasteiger partial charge in [0.25, 0.3) is 0 Å². The molecular weight excluding hydrogens is 130 g/mol. The summed E-state index contributed by atoms with van der Waals surface area (Å²) in [5, 5.41) is 11.3. The molecule has 2 N–H and O–H groups in total. The first kappa shape index (κ1) is 6.86. The van der Waals surface area contributed by atoms with Crippen LogP contribution in [0.25, 0.3) is 0 Å². The van der Waals surface area contributed by atoms with Crippen LogP contribution in [0.4, 0.5) is 0 Å². The van der Waals surface area contributed by atoms with Gasteiger partial charge in [0.15, 0.2) is 0 Å². The number of allylic oxidation sites excluding steroid dienone is 2. The third kappa shape index (κ3) is 1.62. The van der Waals surface area contributed by atoms with Crippen LogP contribution in [0.2, 0.25) is 0 Å². The van der Waals surface area contributed by atoms with Crippen LogP contribution in [0, 0.1) is 0 Å².